The first kappa shape index (κ1) is 21.6. The molecule has 0 bridgehead atoms. The van der Waals surface area contributed by atoms with Gasteiger partial charge in [0, 0.05) is 24.6 Å². The Morgan fingerprint density at radius 3 is 2.55 bits per heavy atom. The van der Waals surface area contributed by atoms with Crippen LogP contribution in [0.3, 0.4) is 0 Å². The standard InChI is InChI=1S/C23H28N2O5S/c1-23(2,17-7-4-3-5-8-17)16-24-22(26)19-9-6-12-25(19)31(27,28)18-10-11-20-21(15-18)30-14-13-29-20/h3-5,7-8,10-11,15,19H,6,9,12-14,16H2,1-2H3,(H,24,26). The molecule has 2 aliphatic rings. The summed E-state index contributed by atoms with van der Waals surface area (Å²) >= 11 is 0. The van der Waals surface area contributed by atoms with Gasteiger partial charge in [-0.05, 0) is 30.5 Å². The lowest BCUT2D eigenvalue weighted by Gasteiger charge is -2.28. The van der Waals surface area contributed by atoms with E-state index >= 15 is 0 Å². The van der Waals surface area contributed by atoms with Crippen molar-refractivity contribution in [3.8, 4) is 11.5 Å². The second kappa shape index (κ2) is 8.51. The molecule has 0 saturated carbocycles. The van der Waals surface area contributed by atoms with Crippen LogP contribution in [0, 0.1) is 0 Å². The van der Waals surface area contributed by atoms with Crippen LogP contribution < -0.4 is 14.8 Å². The van der Waals surface area contributed by atoms with Gasteiger partial charge in [0.05, 0.1) is 4.90 Å². The first-order valence-electron chi connectivity index (χ1n) is 10.5. The highest BCUT2D eigenvalue weighted by atomic mass is 32.2. The molecule has 2 aliphatic heterocycles. The maximum Gasteiger partial charge on any atom is 0.243 e. The lowest BCUT2D eigenvalue weighted by Crippen LogP contribution is -2.48. The molecular weight excluding hydrogens is 416 g/mol. The Balaban J connectivity index is 1.48. The molecule has 1 fully saturated rings. The minimum absolute atomic E-state index is 0.112. The SMILES string of the molecule is CC(C)(CNC(=O)C1CCCN1S(=O)(=O)c1ccc2c(c1)OCCO2)c1ccccc1. The summed E-state index contributed by atoms with van der Waals surface area (Å²) in [4.78, 5) is 13.1. The molecule has 4 rings (SSSR count). The van der Waals surface area contributed by atoms with Crippen LogP contribution >= 0.6 is 0 Å². The van der Waals surface area contributed by atoms with Crippen molar-refractivity contribution in [2.45, 2.75) is 43.0 Å². The summed E-state index contributed by atoms with van der Waals surface area (Å²) in [6.07, 6.45) is 1.14. The van der Waals surface area contributed by atoms with Crippen LogP contribution in [0.2, 0.25) is 0 Å². The average molecular weight is 445 g/mol. The summed E-state index contributed by atoms with van der Waals surface area (Å²) in [5.74, 6) is 0.684. The molecule has 1 atom stereocenters. The van der Waals surface area contributed by atoms with Crippen molar-refractivity contribution in [2.75, 3.05) is 26.3 Å². The van der Waals surface area contributed by atoms with Crippen LogP contribution in [0.5, 0.6) is 11.5 Å². The second-order valence-electron chi connectivity index (χ2n) is 8.55. The first-order valence-corrected chi connectivity index (χ1v) is 12.0. The molecule has 0 radical (unpaired) electrons. The van der Waals surface area contributed by atoms with Crippen LogP contribution in [-0.2, 0) is 20.2 Å². The van der Waals surface area contributed by atoms with E-state index in [0.29, 0.717) is 50.6 Å². The molecule has 1 N–H and O–H groups in total. The van der Waals surface area contributed by atoms with E-state index in [4.69, 9.17) is 9.47 Å². The lowest BCUT2D eigenvalue weighted by atomic mass is 9.84. The fourth-order valence-corrected chi connectivity index (χ4v) is 5.70. The van der Waals surface area contributed by atoms with E-state index < -0.39 is 16.1 Å². The third-order valence-corrected chi connectivity index (χ3v) is 7.79. The zero-order valence-electron chi connectivity index (χ0n) is 17.8. The van der Waals surface area contributed by atoms with E-state index in [9.17, 15) is 13.2 Å². The zero-order chi connectivity index (χ0) is 22.1. The van der Waals surface area contributed by atoms with E-state index in [-0.39, 0.29) is 16.2 Å². The number of amides is 1. The van der Waals surface area contributed by atoms with Crippen molar-refractivity contribution < 1.29 is 22.7 Å². The Labute approximate surface area is 183 Å². The van der Waals surface area contributed by atoms with Crippen molar-refractivity contribution in [1.82, 2.24) is 9.62 Å². The number of benzene rings is 2. The molecule has 8 heteroatoms. The van der Waals surface area contributed by atoms with Gasteiger partial charge in [-0.3, -0.25) is 4.79 Å². The number of nitrogens with zero attached hydrogens (tertiary/aromatic N) is 1. The van der Waals surface area contributed by atoms with Crippen molar-refractivity contribution in [3.63, 3.8) is 0 Å². The van der Waals surface area contributed by atoms with Gasteiger partial charge in [-0.25, -0.2) is 8.42 Å². The predicted octanol–water partition coefficient (Wildman–Crippen LogP) is 2.70. The van der Waals surface area contributed by atoms with Crippen molar-refractivity contribution in [1.29, 1.82) is 0 Å². The quantitative estimate of drug-likeness (QED) is 0.741. The van der Waals surface area contributed by atoms with Gasteiger partial charge in [-0.1, -0.05) is 44.2 Å². The van der Waals surface area contributed by atoms with E-state index in [1.807, 2.05) is 30.3 Å². The highest BCUT2D eigenvalue weighted by Crippen LogP contribution is 2.35. The van der Waals surface area contributed by atoms with Crippen molar-refractivity contribution in [3.05, 3.63) is 54.1 Å². The fourth-order valence-electron chi connectivity index (χ4n) is 4.03. The molecule has 1 unspecified atom stereocenters. The van der Waals surface area contributed by atoms with Crippen molar-refractivity contribution in [2.24, 2.45) is 0 Å². The maximum atomic E-state index is 13.3. The van der Waals surface area contributed by atoms with E-state index in [0.717, 1.165) is 5.56 Å². The molecule has 0 aliphatic carbocycles. The third-order valence-electron chi connectivity index (χ3n) is 5.89. The van der Waals surface area contributed by atoms with E-state index in [2.05, 4.69) is 19.2 Å². The number of carbonyl (C=O) groups excluding carboxylic acids is 1. The zero-order valence-corrected chi connectivity index (χ0v) is 18.7. The van der Waals surface area contributed by atoms with E-state index in [1.54, 1.807) is 6.07 Å². The molecule has 2 heterocycles. The molecule has 2 aromatic rings. The number of nitrogens with one attached hydrogen (secondary N) is 1. The Bertz CT molecular complexity index is 1050. The summed E-state index contributed by atoms with van der Waals surface area (Å²) in [6.45, 7) is 5.67. The van der Waals surface area contributed by atoms with Gasteiger partial charge in [-0.15, -0.1) is 0 Å². The van der Waals surface area contributed by atoms with Gasteiger partial charge in [0.15, 0.2) is 11.5 Å². The molecule has 166 valence electrons. The van der Waals surface area contributed by atoms with Crippen LogP contribution in [0.4, 0.5) is 0 Å². The van der Waals surface area contributed by atoms with Crippen LogP contribution in [0.15, 0.2) is 53.4 Å². The molecule has 7 nitrogen and oxygen atoms in total. The monoisotopic (exact) mass is 444 g/mol. The minimum Gasteiger partial charge on any atom is -0.486 e. The van der Waals surface area contributed by atoms with Gasteiger partial charge in [0.2, 0.25) is 15.9 Å². The molecule has 2 aromatic carbocycles. The second-order valence-corrected chi connectivity index (χ2v) is 10.4. The Hall–Kier alpha value is -2.58. The Morgan fingerprint density at radius 2 is 1.81 bits per heavy atom. The molecular formula is C23H28N2O5S. The van der Waals surface area contributed by atoms with E-state index in [1.165, 1.54) is 16.4 Å². The summed E-state index contributed by atoms with van der Waals surface area (Å²) in [5, 5.41) is 2.98. The Kier molecular flexibility index (Phi) is 5.94. The highest BCUT2D eigenvalue weighted by Gasteiger charge is 2.40. The molecule has 0 aromatic heterocycles. The molecule has 1 amide bonds. The van der Waals surface area contributed by atoms with Gasteiger partial charge < -0.3 is 14.8 Å². The maximum absolute atomic E-state index is 13.3. The fraction of sp³-hybridized carbons (Fsp3) is 0.435. The average Bonchev–Trinajstić information content (AvgIpc) is 3.29. The van der Waals surface area contributed by atoms with Gasteiger partial charge >= 0.3 is 0 Å². The Morgan fingerprint density at radius 1 is 1.10 bits per heavy atom. The number of carbonyl (C=O) groups is 1. The smallest absolute Gasteiger partial charge is 0.243 e. The summed E-state index contributed by atoms with van der Waals surface area (Å²) in [7, 11) is -3.84. The van der Waals surface area contributed by atoms with Crippen molar-refractivity contribution >= 4 is 15.9 Å². The van der Waals surface area contributed by atoms with Gasteiger partial charge in [0.25, 0.3) is 0 Å². The van der Waals surface area contributed by atoms with Crippen LogP contribution in [0.1, 0.15) is 32.3 Å². The number of ether oxygens (including phenoxy) is 2. The number of rotatable bonds is 6. The molecule has 1 saturated heterocycles. The van der Waals surface area contributed by atoms with Crippen LogP contribution in [-0.4, -0.2) is 51.0 Å². The summed E-state index contributed by atoms with van der Waals surface area (Å²) in [6, 6.07) is 13.8. The highest BCUT2D eigenvalue weighted by molar-refractivity contribution is 7.89. The number of hydrogen-bond acceptors (Lipinski definition) is 5. The number of sulfonamides is 1. The van der Waals surface area contributed by atoms with Gasteiger partial charge in [-0.2, -0.15) is 4.31 Å². The number of hydrogen-bond donors (Lipinski definition) is 1. The normalized spacial score (nSPS) is 19.2. The predicted molar refractivity (Wildman–Crippen MR) is 117 cm³/mol. The molecule has 31 heavy (non-hydrogen) atoms. The largest absolute Gasteiger partial charge is 0.486 e. The summed E-state index contributed by atoms with van der Waals surface area (Å²) in [5.41, 5.74) is 0.845. The number of fused-ring (bicyclic) bond motifs is 1. The van der Waals surface area contributed by atoms with Crippen LogP contribution in [0.25, 0.3) is 0 Å². The minimum atomic E-state index is -3.84. The molecule has 0 spiro atoms. The lowest BCUT2D eigenvalue weighted by molar-refractivity contribution is -0.124. The topological polar surface area (TPSA) is 84.9 Å². The third kappa shape index (κ3) is 4.41. The summed E-state index contributed by atoms with van der Waals surface area (Å²) < 4.78 is 38.9. The van der Waals surface area contributed by atoms with Gasteiger partial charge in [0.1, 0.15) is 19.3 Å². The first-order chi connectivity index (χ1) is 14.8.